The third kappa shape index (κ3) is 3.91. The van der Waals surface area contributed by atoms with Crippen LogP contribution in [0.25, 0.3) is 11.0 Å². The van der Waals surface area contributed by atoms with Crippen molar-refractivity contribution in [2.75, 3.05) is 41.3 Å². The molecule has 1 aliphatic heterocycles. The molecule has 0 bridgehead atoms. The number of imidazole rings is 1. The number of benzene rings is 1. The number of aromatic nitrogens is 4. The van der Waals surface area contributed by atoms with Crippen LogP contribution in [-0.2, 0) is 0 Å². The maximum Gasteiger partial charge on any atom is 0.251 e. The van der Waals surface area contributed by atoms with E-state index < -0.39 is 11.7 Å². The minimum absolute atomic E-state index is 0.0755. The van der Waals surface area contributed by atoms with Crippen LogP contribution in [0.3, 0.4) is 0 Å². The molecule has 0 spiro atoms. The van der Waals surface area contributed by atoms with Crippen LogP contribution in [0.15, 0.2) is 24.5 Å². The van der Waals surface area contributed by atoms with Crippen LogP contribution < -0.4 is 20.9 Å². The van der Waals surface area contributed by atoms with Gasteiger partial charge < -0.3 is 25.8 Å². The topological polar surface area (TPSA) is 116 Å². The van der Waals surface area contributed by atoms with Gasteiger partial charge >= 0.3 is 0 Å². The summed E-state index contributed by atoms with van der Waals surface area (Å²) < 4.78 is 13.8. The number of hydrogen-bond donors (Lipinski definition) is 3. The number of primary amides is 1. The van der Waals surface area contributed by atoms with Gasteiger partial charge in [0, 0.05) is 32.2 Å². The summed E-state index contributed by atoms with van der Waals surface area (Å²) in [4.78, 5) is 32.3. The summed E-state index contributed by atoms with van der Waals surface area (Å²) in [6.07, 6.45) is 3.50. The van der Waals surface area contributed by atoms with Crippen molar-refractivity contribution in [2.45, 2.75) is 19.9 Å². The van der Waals surface area contributed by atoms with Crippen LogP contribution in [0, 0.1) is 5.82 Å². The summed E-state index contributed by atoms with van der Waals surface area (Å²) in [5.41, 5.74) is 6.27. The molecule has 0 radical (unpaired) electrons. The van der Waals surface area contributed by atoms with Gasteiger partial charge in [-0.25, -0.2) is 19.3 Å². The molecule has 4 rings (SSSR count). The van der Waals surface area contributed by atoms with Crippen molar-refractivity contribution in [3.63, 3.8) is 0 Å². The number of piperazine rings is 1. The summed E-state index contributed by atoms with van der Waals surface area (Å²) in [6.45, 7) is 6.96. The highest BCUT2D eigenvalue weighted by molar-refractivity contribution is 6.04. The molecular weight excluding hydrogens is 375 g/mol. The summed E-state index contributed by atoms with van der Waals surface area (Å²) in [7, 11) is 0. The van der Waals surface area contributed by atoms with Crippen LogP contribution in [0.5, 0.6) is 0 Å². The highest BCUT2D eigenvalue weighted by atomic mass is 19.1. The van der Waals surface area contributed by atoms with E-state index in [4.69, 9.17) is 5.73 Å². The van der Waals surface area contributed by atoms with Gasteiger partial charge in [0.25, 0.3) is 5.91 Å². The van der Waals surface area contributed by atoms with Gasteiger partial charge in [0.05, 0.1) is 23.5 Å². The molecule has 3 heterocycles. The first-order chi connectivity index (χ1) is 13.9. The monoisotopic (exact) mass is 398 g/mol. The van der Waals surface area contributed by atoms with Gasteiger partial charge in [-0.1, -0.05) is 0 Å². The number of rotatable bonds is 5. The molecule has 2 aromatic heterocycles. The van der Waals surface area contributed by atoms with Gasteiger partial charge in [-0.05, 0) is 26.0 Å². The number of nitrogens with two attached hydrogens (primary N) is 1. The third-order valence-corrected chi connectivity index (χ3v) is 4.78. The van der Waals surface area contributed by atoms with E-state index in [1.54, 1.807) is 12.4 Å². The minimum atomic E-state index is -0.702. The zero-order valence-corrected chi connectivity index (χ0v) is 16.3. The Labute approximate surface area is 167 Å². The number of carbonyl (C=O) groups is 1. The Balaban J connectivity index is 1.47. The van der Waals surface area contributed by atoms with Crippen molar-refractivity contribution in [3.8, 4) is 0 Å². The van der Waals surface area contributed by atoms with Crippen LogP contribution >= 0.6 is 0 Å². The van der Waals surface area contributed by atoms with Crippen LogP contribution in [-0.4, -0.2) is 58.1 Å². The largest absolute Gasteiger partial charge is 0.367 e. The number of aromatic amines is 1. The van der Waals surface area contributed by atoms with Crippen molar-refractivity contribution in [3.05, 3.63) is 35.9 Å². The average molecular weight is 398 g/mol. The van der Waals surface area contributed by atoms with Crippen molar-refractivity contribution in [1.82, 2.24) is 19.9 Å². The lowest BCUT2D eigenvalue weighted by molar-refractivity contribution is 0.100. The van der Waals surface area contributed by atoms with Crippen LogP contribution in [0.4, 0.5) is 22.0 Å². The van der Waals surface area contributed by atoms with Crippen molar-refractivity contribution in [1.29, 1.82) is 0 Å². The fourth-order valence-corrected chi connectivity index (χ4v) is 3.41. The number of nitrogens with zero attached hydrogens (tertiary/aromatic N) is 5. The van der Waals surface area contributed by atoms with Crippen molar-refractivity contribution < 1.29 is 9.18 Å². The van der Waals surface area contributed by atoms with Gasteiger partial charge in [0.1, 0.15) is 23.0 Å². The van der Waals surface area contributed by atoms with Gasteiger partial charge in [0.15, 0.2) is 0 Å². The number of H-pyrrole nitrogens is 1. The number of hydrogen-bond acceptors (Lipinski definition) is 7. The predicted molar refractivity (Wildman–Crippen MR) is 110 cm³/mol. The van der Waals surface area contributed by atoms with Crippen molar-refractivity contribution in [2.24, 2.45) is 5.73 Å². The molecule has 3 aromatic rings. The number of carbonyl (C=O) groups excluding carboxylic acids is 1. The lowest BCUT2D eigenvalue weighted by atomic mass is 10.1. The molecular formula is C19H23FN8O. The third-order valence-electron chi connectivity index (χ3n) is 4.78. The van der Waals surface area contributed by atoms with E-state index in [2.05, 4.69) is 35.1 Å². The number of fused-ring (bicyclic) bond motifs is 1. The normalized spacial score (nSPS) is 14.6. The Kier molecular flexibility index (Phi) is 4.91. The Hall–Kier alpha value is -3.43. The SMILES string of the molecule is CC(C)Nc1cnc(N2CCN(c3nc4c(C(N)=O)cc(F)cc4[nH]3)CC2)cn1. The highest BCUT2D eigenvalue weighted by Crippen LogP contribution is 2.24. The quantitative estimate of drug-likeness (QED) is 0.599. The van der Waals surface area contributed by atoms with Gasteiger partial charge in [-0.3, -0.25) is 4.79 Å². The van der Waals surface area contributed by atoms with E-state index in [1.165, 1.54) is 6.07 Å². The second-order valence-electron chi connectivity index (χ2n) is 7.31. The average Bonchev–Trinajstić information content (AvgIpc) is 3.11. The fraction of sp³-hybridized carbons (Fsp3) is 0.368. The Morgan fingerprint density at radius 1 is 1.17 bits per heavy atom. The number of amides is 1. The van der Waals surface area contributed by atoms with E-state index in [0.717, 1.165) is 30.8 Å². The van der Waals surface area contributed by atoms with Gasteiger partial charge in [-0.2, -0.15) is 0 Å². The maximum absolute atomic E-state index is 13.8. The Bertz CT molecular complexity index is 1020. The molecule has 29 heavy (non-hydrogen) atoms. The Morgan fingerprint density at radius 3 is 2.52 bits per heavy atom. The Morgan fingerprint density at radius 2 is 1.90 bits per heavy atom. The van der Waals surface area contributed by atoms with Gasteiger partial charge in [0.2, 0.25) is 5.95 Å². The summed E-state index contributed by atoms with van der Waals surface area (Å²) in [5.74, 6) is 0.936. The molecule has 10 heteroatoms. The van der Waals surface area contributed by atoms with Crippen LogP contribution in [0.1, 0.15) is 24.2 Å². The molecule has 0 unspecified atom stereocenters. The molecule has 4 N–H and O–H groups in total. The standard InChI is InChI=1S/C19H23FN8O/c1-11(2)24-15-9-23-16(10-22-15)27-3-5-28(6-4-27)19-25-14-8-12(20)7-13(18(21)29)17(14)26-19/h7-11H,3-6H2,1-2H3,(H2,21,29)(H,22,24)(H,25,26). The molecule has 1 saturated heterocycles. The van der Waals surface area contributed by atoms with E-state index in [9.17, 15) is 9.18 Å². The van der Waals surface area contributed by atoms with Gasteiger partial charge in [-0.15, -0.1) is 0 Å². The highest BCUT2D eigenvalue weighted by Gasteiger charge is 2.22. The first-order valence-electron chi connectivity index (χ1n) is 9.48. The summed E-state index contributed by atoms with van der Waals surface area (Å²) in [5, 5.41) is 3.22. The van der Waals surface area contributed by atoms with E-state index >= 15 is 0 Å². The fourth-order valence-electron chi connectivity index (χ4n) is 3.41. The number of nitrogens with one attached hydrogen (secondary N) is 2. The number of halogens is 1. The molecule has 1 aromatic carbocycles. The molecule has 0 atom stereocenters. The second-order valence-corrected chi connectivity index (χ2v) is 7.31. The zero-order valence-electron chi connectivity index (χ0n) is 16.3. The molecule has 0 aliphatic carbocycles. The van der Waals surface area contributed by atoms with E-state index in [-0.39, 0.29) is 5.56 Å². The maximum atomic E-state index is 13.8. The first kappa shape index (κ1) is 18.9. The van der Waals surface area contributed by atoms with Crippen molar-refractivity contribution >= 4 is 34.5 Å². The first-order valence-corrected chi connectivity index (χ1v) is 9.48. The molecule has 0 saturated carbocycles. The summed E-state index contributed by atoms with van der Waals surface area (Å²) >= 11 is 0. The number of anilines is 3. The molecule has 1 fully saturated rings. The predicted octanol–water partition coefficient (Wildman–Crippen LogP) is 1.74. The minimum Gasteiger partial charge on any atom is -0.367 e. The van der Waals surface area contributed by atoms with Crippen LogP contribution in [0.2, 0.25) is 0 Å². The zero-order chi connectivity index (χ0) is 20.5. The smallest absolute Gasteiger partial charge is 0.251 e. The molecule has 1 amide bonds. The molecule has 152 valence electrons. The second kappa shape index (κ2) is 7.53. The molecule has 1 aliphatic rings. The van der Waals surface area contributed by atoms with E-state index in [0.29, 0.717) is 36.1 Å². The lowest BCUT2D eigenvalue weighted by Gasteiger charge is -2.35. The summed E-state index contributed by atoms with van der Waals surface area (Å²) in [6, 6.07) is 2.73. The molecule has 9 nitrogen and oxygen atoms in total. The lowest BCUT2D eigenvalue weighted by Crippen LogP contribution is -2.47. The van der Waals surface area contributed by atoms with E-state index in [1.807, 2.05) is 13.8 Å².